The molecule has 1 heterocycles. The molecule has 0 unspecified atom stereocenters. The highest BCUT2D eigenvalue weighted by molar-refractivity contribution is 7.92. The number of hydrogen-bond acceptors (Lipinski definition) is 5. The summed E-state index contributed by atoms with van der Waals surface area (Å²) in [6.45, 7) is 2.90. The van der Waals surface area contributed by atoms with Crippen LogP contribution in [0.25, 0.3) is 0 Å². The Morgan fingerprint density at radius 1 is 0.941 bits per heavy atom. The van der Waals surface area contributed by atoms with Crippen LogP contribution < -0.4 is 14.5 Å². The molecule has 0 aliphatic carbocycles. The zero-order valence-electron chi connectivity index (χ0n) is 18.6. The second-order valence-corrected chi connectivity index (χ2v) is 9.71. The third kappa shape index (κ3) is 5.73. The number of amides is 1. The van der Waals surface area contributed by atoms with Crippen molar-refractivity contribution in [2.75, 3.05) is 42.1 Å². The van der Waals surface area contributed by atoms with E-state index in [0.29, 0.717) is 13.2 Å². The molecule has 9 heteroatoms. The SMILES string of the molecule is O=C(CN(c1ccc(F)cc1)S(=O)(=O)c1ccccc1)NCc1ccc(N2CCOCC2)cc1. The normalized spacial score (nSPS) is 14.0. The minimum absolute atomic E-state index is 0.0471. The quantitative estimate of drug-likeness (QED) is 0.533. The molecule has 178 valence electrons. The molecule has 1 N–H and O–H groups in total. The van der Waals surface area contributed by atoms with Gasteiger partial charge in [0.15, 0.2) is 0 Å². The highest BCUT2D eigenvalue weighted by Gasteiger charge is 2.27. The van der Waals surface area contributed by atoms with Gasteiger partial charge in [-0.1, -0.05) is 30.3 Å². The van der Waals surface area contributed by atoms with Crippen molar-refractivity contribution in [3.8, 4) is 0 Å². The third-order valence-corrected chi connectivity index (χ3v) is 7.32. The van der Waals surface area contributed by atoms with Gasteiger partial charge in [0.2, 0.25) is 5.91 Å². The molecule has 1 aliphatic heterocycles. The minimum atomic E-state index is -4.03. The van der Waals surface area contributed by atoms with Crippen LogP contribution in [0, 0.1) is 5.82 Å². The largest absolute Gasteiger partial charge is 0.378 e. The summed E-state index contributed by atoms with van der Waals surface area (Å²) < 4.78 is 46.3. The van der Waals surface area contributed by atoms with E-state index in [1.807, 2.05) is 24.3 Å². The van der Waals surface area contributed by atoms with Crippen LogP contribution in [0.1, 0.15) is 5.56 Å². The monoisotopic (exact) mass is 483 g/mol. The van der Waals surface area contributed by atoms with E-state index >= 15 is 0 Å². The van der Waals surface area contributed by atoms with Gasteiger partial charge in [0.25, 0.3) is 10.0 Å². The number of anilines is 2. The third-order valence-electron chi connectivity index (χ3n) is 5.54. The van der Waals surface area contributed by atoms with Crippen LogP contribution in [-0.4, -0.2) is 47.2 Å². The first-order chi connectivity index (χ1) is 16.4. The van der Waals surface area contributed by atoms with Crippen molar-refractivity contribution in [3.05, 3.63) is 90.2 Å². The lowest BCUT2D eigenvalue weighted by Crippen LogP contribution is -2.40. The first-order valence-electron chi connectivity index (χ1n) is 11.0. The van der Waals surface area contributed by atoms with Gasteiger partial charge in [0, 0.05) is 25.3 Å². The lowest BCUT2D eigenvalue weighted by atomic mass is 10.2. The Labute approximate surface area is 198 Å². The molecule has 1 saturated heterocycles. The molecule has 1 aliphatic rings. The smallest absolute Gasteiger partial charge is 0.264 e. The van der Waals surface area contributed by atoms with Crippen molar-refractivity contribution in [1.82, 2.24) is 5.32 Å². The number of carbonyl (C=O) groups excluding carboxylic acids is 1. The lowest BCUT2D eigenvalue weighted by molar-refractivity contribution is -0.119. The van der Waals surface area contributed by atoms with E-state index in [0.717, 1.165) is 40.8 Å². The summed E-state index contributed by atoms with van der Waals surface area (Å²) in [5.41, 5.74) is 2.19. The van der Waals surface area contributed by atoms with E-state index in [4.69, 9.17) is 4.74 Å². The fraction of sp³-hybridized carbons (Fsp3) is 0.240. The summed E-state index contributed by atoms with van der Waals surface area (Å²) in [6, 6.07) is 20.7. The zero-order chi connectivity index (χ0) is 24.0. The summed E-state index contributed by atoms with van der Waals surface area (Å²) in [7, 11) is -4.03. The summed E-state index contributed by atoms with van der Waals surface area (Å²) in [5.74, 6) is -0.966. The van der Waals surface area contributed by atoms with E-state index in [9.17, 15) is 17.6 Å². The van der Waals surface area contributed by atoms with Gasteiger partial charge in [-0.3, -0.25) is 9.10 Å². The Morgan fingerprint density at radius 2 is 1.59 bits per heavy atom. The molecule has 7 nitrogen and oxygen atoms in total. The van der Waals surface area contributed by atoms with Crippen molar-refractivity contribution < 1.29 is 22.3 Å². The number of morpholine rings is 1. The van der Waals surface area contributed by atoms with E-state index in [2.05, 4.69) is 10.2 Å². The summed E-state index contributed by atoms with van der Waals surface area (Å²) in [4.78, 5) is 15.0. The van der Waals surface area contributed by atoms with Gasteiger partial charge >= 0.3 is 0 Å². The van der Waals surface area contributed by atoms with Crippen molar-refractivity contribution in [2.45, 2.75) is 11.4 Å². The van der Waals surface area contributed by atoms with Crippen molar-refractivity contribution >= 4 is 27.3 Å². The Hall–Kier alpha value is -3.43. The van der Waals surface area contributed by atoms with E-state index in [1.54, 1.807) is 18.2 Å². The molecule has 0 bridgehead atoms. The van der Waals surface area contributed by atoms with Gasteiger partial charge in [0.1, 0.15) is 12.4 Å². The topological polar surface area (TPSA) is 79.0 Å². The summed E-state index contributed by atoms with van der Waals surface area (Å²) >= 11 is 0. The number of rotatable bonds is 8. The van der Waals surface area contributed by atoms with E-state index in [1.165, 1.54) is 24.3 Å². The molecule has 3 aromatic rings. The Morgan fingerprint density at radius 3 is 2.24 bits per heavy atom. The average molecular weight is 484 g/mol. The standard InChI is InChI=1S/C25H26FN3O4S/c26-21-8-12-23(13-9-21)29(34(31,32)24-4-2-1-3-5-24)19-25(30)27-18-20-6-10-22(11-7-20)28-14-16-33-17-15-28/h1-13H,14-19H2,(H,27,30). The van der Waals surface area contributed by atoms with Crippen LogP contribution in [0.2, 0.25) is 0 Å². The van der Waals surface area contributed by atoms with Gasteiger partial charge in [-0.2, -0.15) is 0 Å². The van der Waals surface area contributed by atoms with Gasteiger partial charge < -0.3 is 15.0 Å². The predicted molar refractivity (Wildman–Crippen MR) is 129 cm³/mol. The summed E-state index contributed by atoms with van der Waals surface area (Å²) in [6.07, 6.45) is 0. The molecule has 1 fully saturated rings. The highest BCUT2D eigenvalue weighted by atomic mass is 32.2. The number of hydrogen-bond donors (Lipinski definition) is 1. The molecule has 3 aromatic carbocycles. The number of sulfonamides is 1. The van der Waals surface area contributed by atoms with Gasteiger partial charge in [-0.05, 0) is 54.1 Å². The predicted octanol–water partition coefficient (Wildman–Crippen LogP) is 3.17. The second-order valence-electron chi connectivity index (χ2n) is 7.84. The van der Waals surface area contributed by atoms with Crippen LogP contribution >= 0.6 is 0 Å². The number of ether oxygens (including phenoxy) is 1. The fourth-order valence-electron chi connectivity index (χ4n) is 3.68. The van der Waals surface area contributed by atoms with Crippen LogP contribution in [0.15, 0.2) is 83.8 Å². The van der Waals surface area contributed by atoms with Gasteiger partial charge in [-0.15, -0.1) is 0 Å². The second kappa shape index (κ2) is 10.7. The number of nitrogens with one attached hydrogen (secondary N) is 1. The molecular weight excluding hydrogens is 457 g/mol. The molecule has 0 radical (unpaired) electrons. The number of nitrogens with zero attached hydrogens (tertiary/aromatic N) is 2. The maximum atomic E-state index is 13.4. The number of halogens is 1. The molecule has 0 aromatic heterocycles. The molecular formula is C25H26FN3O4S. The highest BCUT2D eigenvalue weighted by Crippen LogP contribution is 2.24. The summed E-state index contributed by atoms with van der Waals surface area (Å²) in [5, 5.41) is 2.78. The molecule has 1 amide bonds. The molecule has 4 rings (SSSR count). The van der Waals surface area contributed by atoms with E-state index < -0.39 is 28.3 Å². The van der Waals surface area contributed by atoms with Crippen molar-refractivity contribution in [2.24, 2.45) is 0 Å². The number of benzene rings is 3. The van der Waals surface area contributed by atoms with Crippen molar-refractivity contribution in [3.63, 3.8) is 0 Å². The molecule has 0 saturated carbocycles. The lowest BCUT2D eigenvalue weighted by Gasteiger charge is -2.29. The molecule has 0 spiro atoms. The first-order valence-corrected chi connectivity index (χ1v) is 12.4. The van der Waals surface area contributed by atoms with Crippen LogP contribution in [-0.2, 0) is 26.1 Å². The van der Waals surface area contributed by atoms with Crippen LogP contribution in [0.5, 0.6) is 0 Å². The van der Waals surface area contributed by atoms with Crippen LogP contribution in [0.4, 0.5) is 15.8 Å². The fourth-order valence-corrected chi connectivity index (χ4v) is 5.12. The van der Waals surface area contributed by atoms with Crippen molar-refractivity contribution in [1.29, 1.82) is 0 Å². The Kier molecular flexibility index (Phi) is 7.44. The maximum absolute atomic E-state index is 13.4. The van der Waals surface area contributed by atoms with Gasteiger partial charge in [-0.25, -0.2) is 12.8 Å². The van der Waals surface area contributed by atoms with Crippen LogP contribution in [0.3, 0.4) is 0 Å². The average Bonchev–Trinajstić information content (AvgIpc) is 2.88. The Bertz CT molecular complexity index is 1200. The number of carbonyl (C=O) groups is 1. The zero-order valence-corrected chi connectivity index (χ0v) is 19.4. The van der Waals surface area contributed by atoms with E-state index in [-0.39, 0.29) is 17.1 Å². The molecule has 0 atom stereocenters. The Balaban J connectivity index is 1.45. The maximum Gasteiger partial charge on any atom is 0.264 e. The first kappa shape index (κ1) is 23.7. The minimum Gasteiger partial charge on any atom is -0.378 e. The molecule has 34 heavy (non-hydrogen) atoms. The van der Waals surface area contributed by atoms with Gasteiger partial charge in [0.05, 0.1) is 23.8 Å².